The van der Waals surface area contributed by atoms with Gasteiger partial charge in [-0.15, -0.1) is 0 Å². The van der Waals surface area contributed by atoms with Gasteiger partial charge in [-0.3, -0.25) is 19.2 Å². The number of aliphatic hydroxyl groups excluding tert-OH is 2. The lowest BCUT2D eigenvalue weighted by Gasteiger charge is -2.31. The first kappa shape index (κ1) is 39.4. The zero-order valence-electron chi connectivity index (χ0n) is 28.2. The van der Waals surface area contributed by atoms with Gasteiger partial charge in [0.1, 0.15) is 24.7 Å². The maximum Gasteiger partial charge on any atom is 0.316 e. The Bertz CT molecular complexity index is 1410. The van der Waals surface area contributed by atoms with E-state index in [9.17, 15) is 27.6 Å². The first-order valence-corrected chi connectivity index (χ1v) is 16.5. The summed E-state index contributed by atoms with van der Waals surface area (Å²) in [4.78, 5) is 50.5. The Morgan fingerprint density at radius 1 is 0.532 bits per heavy atom. The summed E-state index contributed by atoms with van der Waals surface area (Å²) in [7, 11) is -3.99. The van der Waals surface area contributed by atoms with Gasteiger partial charge in [0.25, 0.3) is 0 Å². The van der Waals surface area contributed by atoms with Crippen LogP contribution in [0.2, 0.25) is 0 Å². The largest absolute Gasteiger partial charge is 0.463 e. The van der Waals surface area contributed by atoms with E-state index in [2.05, 4.69) is 0 Å². The molecule has 0 bridgehead atoms. The molecule has 0 saturated carbocycles. The van der Waals surface area contributed by atoms with Crippen molar-refractivity contribution in [3.63, 3.8) is 0 Å². The van der Waals surface area contributed by atoms with Gasteiger partial charge in [0.2, 0.25) is 9.84 Å². The van der Waals surface area contributed by atoms with E-state index in [1.54, 1.807) is 55.4 Å². The minimum atomic E-state index is -3.99. The third kappa shape index (κ3) is 10.6. The van der Waals surface area contributed by atoms with E-state index in [-0.39, 0.29) is 60.6 Å². The molecule has 0 amide bonds. The van der Waals surface area contributed by atoms with E-state index in [0.29, 0.717) is 0 Å². The van der Waals surface area contributed by atoms with Crippen molar-refractivity contribution in [1.29, 1.82) is 0 Å². The van der Waals surface area contributed by atoms with Crippen LogP contribution in [0, 0.1) is 21.7 Å². The van der Waals surface area contributed by atoms with Crippen LogP contribution in [0.4, 0.5) is 0 Å². The Labute approximate surface area is 276 Å². The quantitative estimate of drug-likeness (QED) is 0.190. The van der Waals surface area contributed by atoms with Gasteiger partial charge in [-0.1, -0.05) is 0 Å². The van der Waals surface area contributed by atoms with Gasteiger partial charge < -0.3 is 29.2 Å². The number of hydrogen-bond donors (Lipinski definition) is 2. The molecule has 2 rings (SSSR count). The molecule has 0 aliphatic heterocycles. The van der Waals surface area contributed by atoms with Crippen molar-refractivity contribution in [3.8, 4) is 11.5 Å². The van der Waals surface area contributed by atoms with E-state index in [1.807, 2.05) is 0 Å². The molecule has 0 heterocycles. The SMILES string of the molecule is CC(C)(CC(C)(C)C(=O)Oc1ccc(S(=O)(=O)c2ccc(OC(=O)C(C)(C)CC(C)(C)C(=O)OCCO)cc2)cc1)C(=O)OCCO. The van der Waals surface area contributed by atoms with Crippen molar-refractivity contribution in [2.24, 2.45) is 21.7 Å². The molecule has 0 aliphatic carbocycles. The number of hydrogen-bond acceptors (Lipinski definition) is 12. The lowest BCUT2D eigenvalue weighted by atomic mass is 9.75. The average Bonchev–Trinajstić information content (AvgIpc) is 2.98. The maximum atomic E-state index is 13.3. The van der Waals surface area contributed by atoms with Crippen molar-refractivity contribution < 1.29 is 56.8 Å². The first-order chi connectivity index (χ1) is 21.6. The zero-order chi connectivity index (χ0) is 35.8. The summed E-state index contributed by atoms with van der Waals surface area (Å²) in [6.45, 7) is 12.1. The van der Waals surface area contributed by atoms with Crippen molar-refractivity contribution in [2.45, 2.75) is 78.0 Å². The third-order valence-electron chi connectivity index (χ3n) is 7.32. The number of rotatable bonds is 16. The molecular formula is C34H46O12S. The van der Waals surface area contributed by atoms with Crippen LogP contribution in [0.15, 0.2) is 58.3 Å². The molecule has 0 aliphatic rings. The second-order valence-electron chi connectivity index (χ2n) is 13.8. The van der Waals surface area contributed by atoms with E-state index in [4.69, 9.17) is 29.2 Å². The molecule has 13 heteroatoms. The molecule has 2 aromatic carbocycles. The van der Waals surface area contributed by atoms with E-state index in [0.717, 1.165) is 0 Å². The first-order valence-electron chi connectivity index (χ1n) is 15.0. The number of carbonyl (C=O) groups excluding carboxylic acids is 4. The van der Waals surface area contributed by atoms with E-state index in [1.165, 1.54) is 48.5 Å². The van der Waals surface area contributed by atoms with Crippen molar-refractivity contribution in [1.82, 2.24) is 0 Å². The number of carbonyl (C=O) groups is 4. The molecule has 0 spiro atoms. The Balaban J connectivity index is 2.09. The molecule has 0 fully saturated rings. The van der Waals surface area contributed by atoms with Gasteiger partial charge in [-0.25, -0.2) is 8.42 Å². The molecule has 0 atom stereocenters. The summed E-state index contributed by atoms with van der Waals surface area (Å²) in [6, 6.07) is 10.6. The zero-order valence-corrected chi connectivity index (χ0v) is 29.1. The topological polar surface area (TPSA) is 180 Å². The molecule has 2 aromatic rings. The standard InChI is InChI=1S/C34H46O12S/c1-31(2,27(37)43-19-17-35)21-33(5,6)29(39)45-23-9-13-25(14-10-23)47(41,42)26-15-11-24(12-16-26)46-30(40)34(7,8)22-32(3,4)28(38)44-20-18-36/h9-16,35-36H,17-22H2,1-8H3. The lowest BCUT2D eigenvalue weighted by molar-refractivity contribution is -0.160. The molecule has 2 N–H and O–H groups in total. The van der Waals surface area contributed by atoms with E-state index >= 15 is 0 Å². The van der Waals surface area contributed by atoms with Crippen LogP contribution in [0.25, 0.3) is 0 Å². The number of esters is 4. The summed E-state index contributed by atoms with van der Waals surface area (Å²) in [6.07, 6.45) is 0.187. The van der Waals surface area contributed by atoms with Crippen LogP contribution in [-0.2, 0) is 38.5 Å². The minimum absolute atomic E-state index is 0.0643. The Hall–Kier alpha value is -3.81. The minimum Gasteiger partial charge on any atom is -0.463 e. The number of benzene rings is 2. The van der Waals surface area contributed by atoms with Crippen molar-refractivity contribution in [2.75, 3.05) is 26.4 Å². The Morgan fingerprint density at radius 2 is 0.809 bits per heavy atom. The van der Waals surface area contributed by atoms with Crippen LogP contribution in [0.3, 0.4) is 0 Å². The summed E-state index contributed by atoms with van der Waals surface area (Å²) >= 11 is 0. The predicted octanol–water partition coefficient (Wildman–Crippen LogP) is 4.29. The third-order valence-corrected chi connectivity index (χ3v) is 9.10. The van der Waals surface area contributed by atoms with Crippen molar-refractivity contribution in [3.05, 3.63) is 48.5 Å². The fourth-order valence-corrected chi connectivity index (χ4v) is 6.43. The molecule has 0 radical (unpaired) electrons. The van der Waals surface area contributed by atoms with Gasteiger partial charge in [-0.2, -0.15) is 0 Å². The number of ether oxygens (including phenoxy) is 4. The Morgan fingerprint density at radius 3 is 1.09 bits per heavy atom. The summed E-state index contributed by atoms with van der Waals surface area (Å²) < 4.78 is 47.6. The van der Waals surface area contributed by atoms with E-state index < -0.39 is 55.4 Å². The van der Waals surface area contributed by atoms with Gasteiger partial charge in [0.05, 0.1) is 44.7 Å². The van der Waals surface area contributed by atoms with Crippen LogP contribution in [0.1, 0.15) is 68.2 Å². The second kappa shape index (κ2) is 15.4. The number of sulfone groups is 1. The summed E-state index contributed by atoms with van der Waals surface area (Å²) in [5.41, 5.74) is -4.27. The fraction of sp³-hybridized carbons (Fsp3) is 0.529. The van der Waals surface area contributed by atoms with Gasteiger partial charge in [0, 0.05) is 0 Å². The average molecular weight is 679 g/mol. The molecule has 0 unspecified atom stereocenters. The molecule has 0 aromatic heterocycles. The Kier molecular flexibility index (Phi) is 12.9. The second-order valence-corrected chi connectivity index (χ2v) is 15.8. The lowest BCUT2D eigenvalue weighted by Crippen LogP contribution is -2.38. The van der Waals surface area contributed by atoms with Gasteiger partial charge in [-0.05, 0) is 117 Å². The molecule has 47 heavy (non-hydrogen) atoms. The molecular weight excluding hydrogens is 632 g/mol. The highest BCUT2D eigenvalue weighted by Crippen LogP contribution is 2.38. The van der Waals surface area contributed by atoms with Crippen LogP contribution in [-0.4, -0.2) is 68.9 Å². The monoisotopic (exact) mass is 678 g/mol. The van der Waals surface area contributed by atoms with Gasteiger partial charge >= 0.3 is 23.9 Å². The normalized spacial score (nSPS) is 12.6. The van der Waals surface area contributed by atoms with Crippen molar-refractivity contribution >= 4 is 33.7 Å². The summed E-state index contributed by atoms with van der Waals surface area (Å²) in [5, 5.41) is 17.8. The summed E-state index contributed by atoms with van der Waals surface area (Å²) in [5.74, 6) is -2.16. The molecule has 12 nitrogen and oxygen atoms in total. The molecule has 0 saturated heterocycles. The van der Waals surface area contributed by atoms with Gasteiger partial charge in [0.15, 0.2) is 0 Å². The van der Waals surface area contributed by atoms with Crippen LogP contribution in [0.5, 0.6) is 11.5 Å². The predicted molar refractivity (Wildman–Crippen MR) is 170 cm³/mol. The smallest absolute Gasteiger partial charge is 0.316 e. The molecule has 260 valence electrons. The highest BCUT2D eigenvalue weighted by molar-refractivity contribution is 7.91. The van der Waals surface area contributed by atoms with Crippen LogP contribution >= 0.6 is 0 Å². The van der Waals surface area contributed by atoms with Crippen LogP contribution < -0.4 is 9.47 Å². The maximum absolute atomic E-state index is 13.3. The number of aliphatic hydroxyl groups is 2. The highest BCUT2D eigenvalue weighted by Gasteiger charge is 2.42. The fourth-order valence-electron chi connectivity index (χ4n) is 5.17. The highest BCUT2D eigenvalue weighted by atomic mass is 32.2.